The van der Waals surface area contributed by atoms with E-state index >= 15 is 0 Å². The summed E-state index contributed by atoms with van der Waals surface area (Å²) in [5.74, 6) is -4.81. The summed E-state index contributed by atoms with van der Waals surface area (Å²) in [5, 5.41) is 0. The second kappa shape index (κ2) is 9.19. The lowest BCUT2D eigenvalue weighted by molar-refractivity contribution is 0.416. The monoisotopic (exact) mass is 394 g/mol. The number of halogens is 4. The topological polar surface area (TPSA) is 63.4 Å². The van der Waals surface area contributed by atoms with E-state index in [0.29, 0.717) is 18.6 Å². The molecule has 2 aromatic rings. The maximum Gasteiger partial charge on any atom is 0.243 e. The fourth-order valence-electron chi connectivity index (χ4n) is 2.22. The van der Waals surface area contributed by atoms with E-state index in [1.54, 1.807) is 0 Å². The second-order valence-electron chi connectivity index (χ2n) is 5.13. The van der Waals surface area contributed by atoms with Crippen LogP contribution >= 0.6 is 12.4 Å². The molecule has 0 unspecified atom stereocenters. The molecule has 2 rings (SSSR count). The van der Waals surface area contributed by atoms with Gasteiger partial charge in [0.05, 0.1) is 4.90 Å². The number of nitrogens with two attached hydrogens (primary N) is 1. The van der Waals surface area contributed by atoms with Crippen LogP contribution in [0.2, 0.25) is 0 Å². The largest absolute Gasteiger partial charge is 0.329 e. The Balaban J connectivity index is 0.00000312. The van der Waals surface area contributed by atoms with Crippen molar-refractivity contribution in [3.05, 3.63) is 65.5 Å². The van der Waals surface area contributed by atoms with Crippen LogP contribution in [-0.2, 0) is 16.4 Å². The van der Waals surface area contributed by atoms with Gasteiger partial charge < -0.3 is 5.73 Å². The third-order valence-corrected chi connectivity index (χ3v) is 5.34. The zero-order valence-electron chi connectivity index (χ0n) is 13.2. The van der Waals surface area contributed by atoms with Crippen molar-refractivity contribution in [2.75, 3.05) is 19.6 Å². The Kier molecular flexibility index (Phi) is 7.88. The van der Waals surface area contributed by atoms with Gasteiger partial charge in [-0.2, -0.15) is 4.31 Å². The van der Waals surface area contributed by atoms with E-state index in [1.807, 2.05) is 30.3 Å². The summed E-state index contributed by atoms with van der Waals surface area (Å²) in [5.41, 5.74) is 6.35. The molecule has 0 fully saturated rings. The van der Waals surface area contributed by atoms with E-state index in [-0.39, 0.29) is 32.0 Å². The molecular formula is C16H18ClF3N2O2S. The van der Waals surface area contributed by atoms with Crippen molar-refractivity contribution in [1.82, 2.24) is 4.31 Å². The standard InChI is InChI=1S/C16H17F3N2O2S.ClH/c17-14-10-13(11-15(18)16(14)19)24(22,23)21(9-7-20)8-6-12-4-2-1-3-5-12;/h1-5,10-11H,6-9,20H2;1H. The van der Waals surface area contributed by atoms with Gasteiger partial charge >= 0.3 is 0 Å². The van der Waals surface area contributed by atoms with E-state index in [0.717, 1.165) is 9.87 Å². The van der Waals surface area contributed by atoms with Crippen LogP contribution in [0.3, 0.4) is 0 Å². The highest BCUT2D eigenvalue weighted by Gasteiger charge is 2.26. The highest BCUT2D eigenvalue weighted by atomic mass is 35.5. The van der Waals surface area contributed by atoms with Crippen LogP contribution in [-0.4, -0.2) is 32.4 Å². The van der Waals surface area contributed by atoms with Gasteiger partial charge in [-0.15, -0.1) is 12.4 Å². The lowest BCUT2D eigenvalue weighted by atomic mass is 10.1. The average molecular weight is 395 g/mol. The molecule has 2 aromatic carbocycles. The van der Waals surface area contributed by atoms with Gasteiger partial charge in [0.1, 0.15) is 0 Å². The summed E-state index contributed by atoms with van der Waals surface area (Å²) >= 11 is 0. The molecule has 0 amide bonds. The number of rotatable bonds is 7. The van der Waals surface area contributed by atoms with E-state index in [2.05, 4.69) is 0 Å². The highest BCUT2D eigenvalue weighted by Crippen LogP contribution is 2.21. The Morgan fingerprint density at radius 3 is 2.04 bits per heavy atom. The van der Waals surface area contributed by atoms with Gasteiger partial charge in [-0.1, -0.05) is 30.3 Å². The molecule has 4 nitrogen and oxygen atoms in total. The van der Waals surface area contributed by atoms with Crippen LogP contribution in [0.1, 0.15) is 5.56 Å². The molecule has 9 heteroatoms. The smallest absolute Gasteiger partial charge is 0.243 e. The number of benzene rings is 2. The van der Waals surface area contributed by atoms with E-state index in [4.69, 9.17) is 5.73 Å². The molecule has 0 bridgehead atoms. The van der Waals surface area contributed by atoms with Crippen molar-refractivity contribution >= 4 is 22.4 Å². The number of sulfonamides is 1. The Hall–Kier alpha value is -1.61. The van der Waals surface area contributed by atoms with Crippen molar-refractivity contribution < 1.29 is 21.6 Å². The summed E-state index contributed by atoms with van der Waals surface area (Å²) in [4.78, 5) is -0.639. The van der Waals surface area contributed by atoms with Crippen LogP contribution < -0.4 is 5.73 Å². The maximum atomic E-state index is 13.3. The van der Waals surface area contributed by atoms with E-state index in [1.165, 1.54) is 0 Å². The number of nitrogens with zero attached hydrogens (tertiary/aromatic N) is 1. The van der Waals surface area contributed by atoms with Gasteiger partial charge in [-0.05, 0) is 24.1 Å². The van der Waals surface area contributed by atoms with Crippen LogP contribution in [0, 0.1) is 17.5 Å². The first-order valence-electron chi connectivity index (χ1n) is 7.25. The molecule has 0 saturated carbocycles. The van der Waals surface area contributed by atoms with Gasteiger partial charge in [0.25, 0.3) is 0 Å². The SMILES string of the molecule is Cl.NCCN(CCc1ccccc1)S(=O)(=O)c1cc(F)c(F)c(F)c1. The molecule has 0 heterocycles. The zero-order chi connectivity index (χ0) is 17.7. The summed E-state index contributed by atoms with van der Waals surface area (Å²) < 4.78 is 65.9. The first-order chi connectivity index (χ1) is 11.4. The molecule has 0 saturated heterocycles. The number of hydrogen-bond donors (Lipinski definition) is 1. The lowest BCUT2D eigenvalue weighted by Crippen LogP contribution is -2.37. The minimum atomic E-state index is -4.19. The van der Waals surface area contributed by atoms with Gasteiger partial charge in [-0.25, -0.2) is 21.6 Å². The zero-order valence-corrected chi connectivity index (χ0v) is 14.8. The summed E-state index contributed by atoms with van der Waals surface area (Å²) in [7, 11) is -4.19. The van der Waals surface area contributed by atoms with Gasteiger partial charge in [-0.3, -0.25) is 0 Å². The molecule has 0 aliphatic heterocycles. The Morgan fingerprint density at radius 2 is 1.52 bits per heavy atom. The van der Waals surface area contributed by atoms with Crippen molar-refractivity contribution in [3.63, 3.8) is 0 Å². The fraction of sp³-hybridized carbons (Fsp3) is 0.250. The Morgan fingerprint density at radius 1 is 0.960 bits per heavy atom. The fourth-order valence-corrected chi connectivity index (χ4v) is 3.71. The van der Waals surface area contributed by atoms with Gasteiger partial charge in [0.15, 0.2) is 17.5 Å². The van der Waals surface area contributed by atoms with Crippen LogP contribution in [0.25, 0.3) is 0 Å². The lowest BCUT2D eigenvalue weighted by Gasteiger charge is -2.21. The molecular weight excluding hydrogens is 377 g/mol. The minimum absolute atomic E-state index is 0. The van der Waals surface area contributed by atoms with Crippen LogP contribution in [0.15, 0.2) is 47.4 Å². The minimum Gasteiger partial charge on any atom is -0.329 e. The third kappa shape index (κ3) is 5.18. The first-order valence-corrected chi connectivity index (χ1v) is 8.69. The molecule has 0 aromatic heterocycles. The van der Waals surface area contributed by atoms with Crippen molar-refractivity contribution in [2.45, 2.75) is 11.3 Å². The molecule has 0 aliphatic carbocycles. The third-order valence-electron chi connectivity index (χ3n) is 3.47. The molecule has 0 spiro atoms. The molecule has 25 heavy (non-hydrogen) atoms. The molecule has 0 radical (unpaired) electrons. The normalized spacial score (nSPS) is 11.4. The predicted molar refractivity (Wildman–Crippen MR) is 91.5 cm³/mol. The second-order valence-corrected chi connectivity index (χ2v) is 7.07. The molecule has 0 atom stereocenters. The summed E-state index contributed by atoms with van der Waals surface area (Å²) in [6.45, 7) is 0.111. The van der Waals surface area contributed by atoms with Gasteiger partial charge in [0.2, 0.25) is 10.0 Å². The van der Waals surface area contributed by atoms with Crippen molar-refractivity contribution in [1.29, 1.82) is 0 Å². The summed E-state index contributed by atoms with van der Waals surface area (Å²) in [6.07, 6.45) is 0.409. The Bertz CT molecular complexity index is 781. The van der Waals surface area contributed by atoms with Crippen LogP contribution in [0.5, 0.6) is 0 Å². The average Bonchev–Trinajstić information content (AvgIpc) is 2.56. The molecule has 2 N–H and O–H groups in total. The quantitative estimate of drug-likeness (QED) is 0.734. The van der Waals surface area contributed by atoms with Crippen molar-refractivity contribution in [3.8, 4) is 0 Å². The Labute approximate surface area is 150 Å². The number of hydrogen-bond acceptors (Lipinski definition) is 3. The van der Waals surface area contributed by atoms with Gasteiger partial charge in [0, 0.05) is 19.6 Å². The van der Waals surface area contributed by atoms with Crippen LogP contribution in [0.4, 0.5) is 13.2 Å². The highest BCUT2D eigenvalue weighted by molar-refractivity contribution is 7.89. The predicted octanol–water partition coefficient (Wildman–Crippen LogP) is 2.72. The van der Waals surface area contributed by atoms with E-state index in [9.17, 15) is 21.6 Å². The van der Waals surface area contributed by atoms with E-state index < -0.39 is 32.4 Å². The molecule has 0 aliphatic rings. The maximum absolute atomic E-state index is 13.3. The molecule has 138 valence electrons. The first kappa shape index (κ1) is 21.4. The van der Waals surface area contributed by atoms with Crippen molar-refractivity contribution in [2.24, 2.45) is 5.73 Å². The summed E-state index contributed by atoms with van der Waals surface area (Å²) in [6, 6.07) is 10.1.